The van der Waals surface area contributed by atoms with Crippen molar-refractivity contribution in [1.82, 2.24) is 20.7 Å². The molecule has 0 unspecified atom stereocenters. The smallest absolute Gasteiger partial charge is 0.106 e. The van der Waals surface area contributed by atoms with E-state index in [4.69, 9.17) is 0 Å². The van der Waals surface area contributed by atoms with Crippen molar-refractivity contribution in [2.45, 2.75) is 32.7 Å². The molecule has 2 N–H and O–H groups in total. The van der Waals surface area contributed by atoms with Crippen LogP contribution in [0.15, 0.2) is 30.3 Å². The predicted octanol–water partition coefficient (Wildman–Crippen LogP) is 1.64. The molecule has 0 radical (unpaired) electrons. The molecule has 0 saturated heterocycles. The molecule has 0 bridgehead atoms. The zero-order chi connectivity index (χ0) is 13.0. The molecule has 2 rings (SSSR count). The first kappa shape index (κ1) is 13.0. The number of aromatic amines is 1. The maximum Gasteiger partial charge on any atom is 0.106 e. The van der Waals surface area contributed by atoms with Gasteiger partial charge in [0.25, 0.3) is 0 Å². The van der Waals surface area contributed by atoms with E-state index in [-0.39, 0.29) is 0 Å². The van der Waals surface area contributed by atoms with Crippen molar-refractivity contribution in [3.63, 3.8) is 0 Å². The van der Waals surface area contributed by atoms with Crippen LogP contribution in [-0.4, -0.2) is 23.5 Å². The summed E-state index contributed by atoms with van der Waals surface area (Å²) >= 11 is 0. The van der Waals surface area contributed by atoms with E-state index >= 15 is 0 Å². The summed E-state index contributed by atoms with van der Waals surface area (Å²) in [6.07, 6.45) is 0. The van der Waals surface area contributed by atoms with Gasteiger partial charge < -0.3 is 5.32 Å². The quantitative estimate of drug-likeness (QED) is 0.804. The summed E-state index contributed by atoms with van der Waals surface area (Å²) in [6, 6.07) is 10.4. The lowest BCUT2D eigenvalue weighted by molar-refractivity contribution is 0.678. The maximum absolute atomic E-state index is 4.30. The average molecular weight is 260 g/mol. The molecule has 5 heteroatoms. The van der Waals surface area contributed by atoms with Gasteiger partial charge in [0.15, 0.2) is 0 Å². The van der Waals surface area contributed by atoms with Gasteiger partial charge >= 0.3 is 0 Å². The molecular formula is C13H20N4Si. The Balaban J connectivity index is 1.93. The third-order valence-corrected chi connectivity index (χ3v) is 4.62. The Morgan fingerprint density at radius 2 is 1.78 bits per heavy atom. The van der Waals surface area contributed by atoms with Crippen molar-refractivity contribution in [3.8, 4) is 0 Å². The molecule has 0 spiro atoms. The second kappa shape index (κ2) is 5.45. The highest BCUT2D eigenvalue weighted by Crippen LogP contribution is 2.03. The van der Waals surface area contributed by atoms with Crippen LogP contribution in [-0.2, 0) is 13.1 Å². The van der Waals surface area contributed by atoms with Crippen LogP contribution in [0.25, 0.3) is 0 Å². The van der Waals surface area contributed by atoms with Crippen molar-refractivity contribution in [2.24, 2.45) is 0 Å². The SMILES string of the molecule is C[Si](C)(C)c1n[nH]nc1CNCc1ccccc1. The number of rotatable bonds is 5. The van der Waals surface area contributed by atoms with E-state index in [1.807, 2.05) is 6.07 Å². The number of H-pyrrole nitrogens is 1. The van der Waals surface area contributed by atoms with Gasteiger partial charge in [-0.25, -0.2) is 0 Å². The summed E-state index contributed by atoms with van der Waals surface area (Å²) in [5.41, 5.74) is 2.35. The minimum atomic E-state index is -1.40. The van der Waals surface area contributed by atoms with E-state index in [0.29, 0.717) is 0 Å². The number of hydrogen-bond acceptors (Lipinski definition) is 3. The average Bonchev–Trinajstić information content (AvgIpc) is 2.78. The first-order valence-corrected chi connectivity index (χ1v) is 9.72. The van der Waals surface area contributed by atoms with Crippen LogP contribution in [0.1, 0.15) is 11.3 Å². The largest absolute Gasteiger partial charge is 0.307 e. The van der Waals surface area contributed by atoms with Gasteiger partial charge in [0.2, 0.25) is 0 Å². The summed E-state index contributed by atoms with van der Waals surface area (Å²) in [4.78, 5) is 0. The molecule has 0 saturated carbocycles. The molecule has 0 aliphatic heterocycles. The van der Waals surface area contributed by atoms with Gasteiger partial charge in [-0.15, -0.1) is 0 Å². The molecule has 0 aliphatic rings. The fourth-order valence-corrected chi connectivity index (χ4v) is 3.29. The highest BCUT2D eigenvalue weighted by atomic mass is 28.3. The Labute approximate surface area is 109 Å². The van der Waals surface area contributed by atoms with Crippen LogP contribution >= 0.6 is 0 Å². The van der Waals surface area contributed by atoms with Crippen LogP contribution in [0, 0.1) is 0 Å². The molecule has 0 fully saturated rings. The fraction of sp³-hybridized carbons (Fsp3) is 0.385. The standard InChI is InChI=1S/C13H20N4Si/c1-18(2,3)13-12(15-17-16-13)10-14-9-11-7-5-4-6-8-11/h4-8,14H,9-10H2,1-3H3,(H,15,16,17). The van der Waals surface area contributed by atoms with E-state index < -0.39 is 8.07 Å². The lowest BCUT2D eigenvalue weighted by Crippen LogP contribution is -2.42. The lowest BCUT2D eigenvalue weighted by atomic mass is 10.2. The Morgan fingerprint density at radius 3 is 2.44 bits per heavy atom. The number of nitrogens with one attached hydrogen (secondary N) is 2. The first-order chi connectivity index (χ1) is 8.57. The molecule has 18 heavy (non-hydrogen) atoms. The molecule has 2 aromatic rings. The Kier molecular flexibility index (Phi) is 3.93. The van der Waals surface area contributed by atoms with Gasteiger partial charge in [-0.05, 0) is 5.56 Å². The third kappa shape index (κ3) is 3.27. The van der Waals surface area contributed by atoms with Gasteiger partial charge in [0.1, 0.15) is 8.07 Å². The minimum absolute atomic E-state index is 0.769. The maximum atomic E-state index is 4.30. The van der Waals surface area contributed by atoms with Gasteiger partial charge in [-0.1, -0.05) is 50.0 Å². The second-order valence-electron chi connectivity index (χ2n) is 5.46. The van der Waals surface area contributed by atoms with Gasteiger partial charge in [0, 0.05) is 13.1 Å². The van der Waals surface area contributed by atoms with E-state index in [0.717, 1.165) is 18.8 Å². The van der Waals surface area contributed by atoms with E-state index in [2.05, 4.69) is 64.6 Å². The van der Waals surface area contributed by atoms with E-state index in [1.165, 1.54) is 10.9 Å². The Hall–Kier alpha value is -1.46. The van der Waals surface area contributed by atoms with Gasteiger partial charge in [0.05, 0.1) is 11.0 Å². The Morgan fingerprint density at radius 1 is 1.06 bits per heavy atom. The topological polar surface area (TPSA) is 53.6 Å². The van der Waals surface area contributed by atoms with Crippen molar-refractivity contribution >= 4 is 13.4 Å². The summed E-state index contributed by atoms with van der Waals surface area (Å²) in [5.74, 6) is 0. The van der Waals surface area contributed by atoms with E-state index in [9.17, 15) is 0 Å². The highest BCUT2D eigenvalue weighted by molar-refractivity contribution is 6.88. The van der Waals surface area contributed by atoms with Crippen LogP contribution in [0.4, 0.5) is 0 Å². The van der Waals surface area contributed by atoms with Crippen molar-refractivity contribution in [1.29, 1.82) is 0 Å². The van der Waals surface area contributed by atoms with Crippen LogP contribution in [0.2, 0.25) is 19.6 Å². The molecule has 1 aromatic heterocycles. The number of benzene rings is 1. The number of hydrogen-bond donors (Lipinski definition) is 2. The number of nitrogens with zero attached hydrogens (tertiary/aromatic N) is 2. The Bertz CT molecular complexity index is 487. The zero-order valence-corrected chi connectivity index (χ0v) is 12.2. The zero-order valence-electron chi connectivity index (χ0n) is 11.2. The van der Waals surface area contributed by atoms with Crippen LogP contribution in [0.3, 0.4) is 0 Å². The molecule has 0 atom stereocenters. The van der Waals surface area contributed by atoms with Gasteiger partial charge in [-0.3, -0.25) is 0 Å². The van der Waals surface area contributed by atoms with E-state index in [1.54, 1.807) is 0 Å². The highest BCUT2D eigenvalue weighted by Gasteiger charge is 2.23. The van der Waals surface area contributed by atoms with Crippen molar-refractivity contribution in [3.05, 3.63) is 41.6 Å². The second-order valence-corrected chi connectivity index (χ2v) is 10.4. The van der Waals surface area contributed by atoms with Crippen LogP contribution < -0.4 is 10.6 Å². The molecule has 4 nitrogen and oxygen atoms in total. The summed E-state index contributed by atoms with van der Waals surface area (Å²) < 4.78 is 0. The fourth-order valence-electron chi connectivity index (χ4n) is 1.90. The minimum Gasteiger partial charge on any atom is -0.307 e. The van der Waals surface area contributed by atoms with Gasteiger partial charge in [-0.2, -0.15) is 15.4 Å². The number of aromatic nitrogens is 3. The summed E-state index contributed by atoms with van der Waals surface area (Å²) in [7, 11) is -1.40. The van der Waals surface area contributed by atoms with Crippen molar-refractivity contribution < 1.29 is 0 Å². The molecule has 96 valence electrons. The first-order valence-electron chi connectivity index (χ1n) is 6.22. The summed E-state index contributed by atoms with van der Waals surface area (Å²) in [5, 5.41) is 15.9. The lowest BCUT2D eigenvalue weighted by Gasteiger charge is -2.13. The van der Waals surface area contributed by atoms with Crippen LogP contribution in [0.5, 0.6) is 0 Å². The molecule has 1 heterocycles. The molecule has 1 aromatic carbocycles. The summed E-state index contributed by atoms with van der Waals surface area (Å²) in [6.45, 7) is 8.48. The monoisotopic (exact) mass is 260 g/mol. The van der Waals surface area contributed by atoms with Crippen molar-refractivity contribution in [2.75, 3.05) is 0 Å². The third-order valence-electron chi connectivity index (χ3n) is 2.79. The molecular weight excluding hydrogens is 240 g/mol. The molecule has 0 aliphatic carbocycles. The molecule has 0 amide bonds. The normalized spacial score (nSPS) is 11.7. The predicted molar refractivity (Wildman–Crippen MR) is 76.3 cm³/mol.